The van der Waals surface area contributed by atoms with Crippen LogP contribution in [0.15, 0.2) is 67.3 Å². The first-order valence-corrected chi connectivity index (χ1v) is 11.5. The number of hydrogen-bond acceptors (Lipinski definition) is 4. The number of amides is 1. The average Bonchev–Trinajstić information content (AvgIpc) is 3.23. The van der Waals surface area contributed by atoms with Crippen molar-refractivity contribution in [1.29, 1.82) is 0 Å². The molecule has 0 fully saturated rings. The first-order valence-electron chi connectivity index (χ1n) is 9.70. The first-order chi connectivity index (χ1) is 14.3. The summed E-state index contributed by atoms with van der Waals surface area (Å²) in [6.07, 6.45) is 7.31. The van der Waals surface area contributed by atoms with E-state index in [1.165, 1.54) is 10.6 Å². The third kappa shape index (κ3) is 5.93. The lowest BCUT2D eigenvalue weighted by atomic mass is 10.1. The van der Waals surface area contributed by atoms with Gasteiger partial charge in [-0.15, -0.1) is 0 Å². The molecule has 3 aromatic rings. The molecule has 1 amide bonds. The van der Waals surface area contributed by atoms with Crippen LogP contribution in [0.1, 0.15) is 27.9 Å². The number of carbonyl (C=O) groups is 1. The van der Waals surface area contributed by atoms with Crippen molar-refractivity contribution in [3.63, 3.8) is 0 Å². The number of rotatable bonds is 9. The number of nitrogens with one attached hydrogen (secondary N) is 1. The number of sulfonamides is 1. The molecule has 30 heavy (non-hydrogen) atoms. The second-order valence-corrected chi connectivity index (χ2v) is 9.12. The van der Waals surface area contributed by atoms with E-state index in [4.69, 9.17) is 0 Å². The largest absolute Gasteiger partial charge is 0.352 e. The summed E-state index contributed by atoms with van der Waals surface area (Å²) in [5.74, 6) is -0.184. The lowest BCUT2D eigenvalue weighted by Gasteiger charge is -2.23. The van der Waals surface area contributed by atoms with Crippen LogP contribution >= 0.6 is 0 Å². The fraction of sp³-hybridized carbons (Fsp3) is 0.273. The van der Waals surface area contributed by atoms with Gasteiger partial charge in [-0.3, -0.25) is 9.10 Å². The van der Waals surface area contributed by atoms with E-state index in [0.29, 0.717) is 17.8 Å². The van der Waals surface area contributed by atoms with E-state index in [-0.39, 0.29) is 12.5 Å². The summed E-state index contributed by atoms with van der Waals surface area (Å²) in [7, 11) is -3.47. The van der Waals surface area contributed by atoms with Crippen LogP contribution in [0.5, 0.6) is 0 Å². The molecule has 0 aliphatic carbocycles. The Morgan fingerprint density at radius 1 is 1.10 bits per heavy atom. The maximum Gasteiger partial charge on any atom is 0.251 e. The Labute approximate surface area is 177 Å². The lowest BCUT2D eigenvalue weighted by molar-refractivity contribution is 0.0952. The highest BCUT2D eigenvalue weighted by atomic mass is 32.2. The van der Waals surface area contributed by atoms with Crippen LogP contribution in [0.25, 0.3) is 0 Å². The maximum absolute atomic E-state index is 12.3. The Morgan fingerprint density at radius 3 is 2.40 bits per heavy atom. The second-order valence-electron chi connectivity index (χ2n) is 7.21. The van der Waals surface area contributed by atoms with Crippen molar-refractivity contribution in [1.82, 2.24) is 14.9 Å². The maximum atomic E-state index is 12.3. The molecule has 0 saturated carbocycles. The Morgan fingerprint density at radius 2 is 1.80 bits per heavy atom. The molecule has 3 rings (SSSR count). The molecule has 1 aromatic heterocycles. The third-order valence-electron chi connectivity index (χ3n) is 4.70. The van der Waals surface area contributed by atoms with Crippen LogP contribution in [0.3, 0.4) is 0 Å². The summed E-state index contributed by atoms with van der Waals surface area (Å²) in [5.41, 5.74) is 3.02. The highest BCUT2D eigenvalue weighted by Gasteiger charge is 2.18. The summed E-state index contributed by atoms with van der Waals surface area (Å²) >= 11 is 0. The SMILES string of the molecule is Cc1ccc(CN(c2ccc(C(=O)NCCCn3ccnc3)cc2)S(C)(=O)=O)cc1. The van der Waals surface area contributed by atoms with Crippen LogP contribution in [-0.4, -0.2) is 36.7 Å². The molecule has 7 nitrogen and oxygen atoms in total. The number of imidazole rings is 1. The van der Waals surface area contributed by atoms with Crippen LogP contribution < -0.4 is 9.62 Å². The van der Waals surface area contributed by atoms with Gasteiger partial charge in [-0.1, -0.05) is 29.8 Å². The molecule has 8 heteroatoms. The molecule has 158 valence electrons. The summed E-state index contributed by atoms with van der Waals surface area (Å²) in [6.45, 7) is 3.54. The van der Waals surface area contributed by atoms with Gasteiger partial charge in [-0.2, -0.15) is 0 Å². The average molecular weight is 427 g/mol. The summed E-state index contributed by atoms with van der Waals surface area (Å²) in [6, 6.07) is 14.4. The predicted octanol–water partition coefficient (Wildman–Crippen LogP) is 2.98. The fourth-order valence-electron chi connectivity index (χ4n) is 3.02. The van der Waals surface area contributed by atoms with Crippen LogP contribution in [0, 0.1) is 6.92 Å². The van der Waals surface area contributed by atoms with Gasteiger partial charge >= 0.3 is 0 Å². The Bertz CT molecular complexity index is 1060. The quantitative estimate of drug-likeness (QED) is 0.533. The van der Waals surface area contributed by atoms with Crippen molar-refractivity contribution in [3.8, 4) is 0 Å². The zero-order chi connectivity index (χ0) is 21.6. The van der Waals surface area contributed by atoms with Gasteiger partial charge in [-0.25, -0.2) is 13.4 Å². The Balaban J connectivity index is 1.62. The molecule has 0 radical (unpaired) electrons. The van der Waals surface area contributed by atoms with E-state index in [2.05, 4.69) is 10.3 Å². The fourth-order valence-corrected chi connectivity index (χ4v) is 3.91. The molecule has 0 aliphatic heterocycles. The number of aromatic nitrogens is 2. The third-order valence-corrected chi connectivity index (χ3v) is 5.84. The number of nitrogens with zero attached hydrogens (tertiary/aromatic N) is 3. The molecular weight excluding hydrogens is 400 g/mol. The molecule has 0 atom stereocenters. The molecule has 0 unspecified atom stereocenters. The van der Waals surface area contributed by atoms with Gasteiger partial charge in [0.05, 0.1) is 24.8 Å². The van der Waals surface area contributed by atoms with Crippen LogP contribution in [0.2, 0.25) is 0 Å². The van der Waals surface area contributed by atoms with E-state index in [0.717, 1.165) is 24.1 Å². The van der Waals surface area contributed by atoms with Crippen molar-refractivity contribution in [3.05, 3.63) is 83.9 Å². The van der Waals surface area contributed by atoms with Crippen molar-refractivity contribution < 1.29 is 13.2 Å². The molecule has 0 aliphatic rings. The minimum Gasteiger partial charge on any atom is -0.352 e. The van der Waals surface area contributed by atoms with Gasteiger partial charge in [0.25, 0.3) is 5.91 Å². The summed E-state index contributed by atoms with van der Waals surface area (Å²) < 4.78 is 28.0. The number of benzene rings is 2. The number of anilines is 1. The van der Waals surface area contributed by atoms with Crippen molar-refractivity contribution in [2.45, 2.75) is 26.4 Å². The summed E-state index contributed by atoms with van der Waals surface area (Å²) in [4.78, 5) is 16.3. The highest BCUT2D eigenvalue weighted by molar-refractivity contribution is 7.92. The Hall–Kier alpha value is -3.13. The highest BCUT2D eigenvalue weighted by Crippen LogP contribution is 2.21. The number of carbonyl (C=O) groups excluding carboxylic acids is 1. The lowest BCUT2D eigenvalue weighted by Crippen LogP contribution is -2.29. The molecule has 1 heterocycles. The molecule has 0 bridgehead atoms. The van der Waals surface area contributed by atoms with E-state index in [1.807, 2.05) is 42.0 Å². The topological polar surface area (TPSA) is 84.3 Å². The predicted molar refractivity (Wildman–Crippen MR) is 118 cm³/mol. The molecule has 2 aromatic carbocycles. The van der Waals surface area contributed by atoms with Gasteiger partial charge < -0.3 is 9.88 Å². The standard InChI is InChI=1S/C22H26N4O3S/c1-18-4-6-19(7-5-18)16-26(30(2,28)29)21-10-8-20(9-11-21)22(27)24-12-3-14-25-15-13-23-17-25/h4-11,13,15,17H,3,12,14,16H2,1-2H3,(H,24,27). The molecule has 0 spiro atoms. The summed E-state index contributed by atoms with van der Waals surface area (Å²) in [5, 5.41) is 2.88. The first kappa shape index (κ1) is 21.6. The van der Waals surface area contributed by atoms with Gasteiger partial charge in [0.2, 0.25) is 10.0 Å². The normalized spacial score (nSPS) is 11.3. The smallest absolute Gasteiger partial charge is 0.251 e. The van der Waals surface area contributed by atoms with Gasteiger partial charge in [-0.05, 0) is 43.2 Å². The van der Waals surface area contributed by atoms with E-state index < -0.39 is 10.0 Å². The molecule has 1 N–H and O–H groups in total. The van der Waals surface area contributed by atoms with Crippen molar-refractivity contribution >= 4 is 21.6 Å². The zero-order valence-electron chi connectivity index (χ0n) is 17.2. The van der Waals surface area contributed by atoms with E-state index in [1.54, 1.807) is 36.8 Å². The monoisotopic (exact) mass is 426 g/mol. The second kappa shape index (κ2) is 9.58. The molecular formula is C22H26N4O3S. The van der Waals surface area contributed by atoms with Crippen molar-refractivity contribution in [2.24, 2.45) is 0 Å². The minimum absolute atomic E-state index is 0.184. The minimum atomic E-state index is -3.47. The van der Waals surface area contributed by atoms with E-state index in [9.17, 15) is 13.2 Å². The van der Waals surface area contributed by atoms with Crippen LogP contribution in [0.4, 0.5) is 5.69 Å². The molecule has 0 saturated heterocycles. The number of hydrogen-bond donors (Lipinski definition) is 1. The van der Waals surface area contributed by atoms with Gasteiger partial charge in [0.15, 0.2) is 0 Å². The Kier molecular flexibility index (Phi) is 6.89. The number of aryl methyl sites for hydroxylation is 2. The van der Waals surface area contributed by atoms with Crippen molar-refractivity contribution in [2.75, 3.05) is 17.1 Å². The van der Waals surface area contributed by atoms with Gasteiger partial charge in [0.1, 0.15) is 0 Å². The van der Waals surface area contributed by atoms with Crippen LogP contribution in [-0.2, 0) is 23.1 Å². The zero-order valence-corrected chi connectivity index (χ0v) is 18.0. The van der Waals surface area contributed by atoms with Gasteiger partial charge in [0, 0.05) is 31.0 Å². The van der Waals surface area contributed by atoms with E-state index >= 15 is 0 Å².